The Hall–Kier alpha value is -1.42. The SMILES string of the molecule is CCCCCC=CCC=CCCCCCCCC(=O)CCCCCCCCCCC(=O)NC[C@@H](O)CCCCCCCCCCCCCCCCCC. The quantitative estimate of drug-likeness (QED) is 0.0482. The van der Waals surface area contributed by atoms with Gasteiger partial charge in [-0.2, -0.15) is 0 Å². The highest BCUT2D eigenvalue weighted by molar-refractivity contribution is 5.78. The molecule has 4 heteroatoms. The number of hydrogen-bond donors (Lipinski definition) is 2. The maximum atomic E-state index is 12.2. The van der Waals surface area contributed by atoms with Gasteiger partial charge in [0.15, 0.2) is 0 Å². The largest absolute Gasteiger partial charge is 0.391 e. The van der Waals surface area contributed by atoms with Crippen molar-refractivity contribution < 1.29 is 14.7 Å². The van der Waals surface area contributed by atoms with Gasteiger partial charge >= 0.3 is 0 Å². The molecule has 2 N–H and O–H groups in total. The number of hydrogen-bond acceptors (Lipinski definition) is 3. The van der Waals surface area contributed by atoms with Gasteiger partial charge in [0.05, 0.1) is 6.10 Å². The summed E-state index contributed by atoms with van der Waals surface area (Å²) >= 11 is 0. The standard InChI is InChI=1S/C49H93NO3/c1-3-5-7-9-11-13-15-17-19-21-23-25-27-32-36-40-44-48(52)46-50-49(53)45-41-37-33-29-28-31-35-39-43-47(51)42-38-34-30-26-24-22-20-18-16-14-12-10-8-6-4-2/h12,14,18,20,48,52H,3-11,13,15-17,19,21-46H2,1-2H3,(H,50,53)/t48-/m0/s1. The molecule has 53 heavy (non-hydrogen) atoms. The van der Waals surface area contributed by atoms with E-state index in [2.05, 4.69) is 43.5 Å². The van der Waals surface area contributed by atoms with Gasteiger partial charge in [-0.1, -0.05) is 212 Å². The minimum atomic E-state index is -0.411. The molecule has 0 rings (SSSR count). The van der Waals surface area contributed by atoms with Crippen molar-refractivity contribution in [1.82, 2.24) is 5.32 Å². The second-order valence-electron chi connectivity index (χ2n) is 16.4. The molecule has 0 radical (unpaired) electrons. The highest BCUT2D eigenvalue weighted by Crippen LogP contribution is 2.16. The molecule has 0 spiro atoms. The van der Waals surface area contributed by atoms with Crippen molar-refractivity contribution >= 4 is 11.7 Å². The highest BCUT2D eigenvalue weighted by atomic mass is 16.3. The molecule has 0 bridgehead atoms. The molecule has 0 aromatic carbocycles. The summed E-state index contributed by atoms with van der Waals surface area (Å²) in [6, 6.07) is 0. The number of nitrogens with one attached hydrogen (secondary N) is 1. The van der Waals surface area contributed by atoms with Crippen LogP contribution in [0.15, 0.2) is 24.3 Å². The first kappa shape index (κ1) is 51.6. The van der Waals surface area contributed by atoms with Crippen LogP contribution in [0.5, 0.6) is 0 Å². The number of carbonyl (C=O) groups is 2. The van der Waals surface area contributed by atoms with Gasteiger partial charge in [0.25, 0.3) is 0 Å². The Kier molecular flexibility index (Phi) is 43.8. The first-order valence-corrected chi connectivity index (χ1v) is 23.9. The monoisotopic (exact) mass is 744 g/mol. The average molecular weight is 744 g/mol. The van der Waals surface area contributed by atoms with Gasteiger partial charge in [0.1, 0.15) is 5.78 Å². The van der Waals surface area contributed by atoms with E-state index in [0.717, 1.165) is 64.2 Å². The molecule has 0 unspecified atom stereocenters. The summed E-state index contributed by atoms with van der Waals surface area (Å²) in [4.78, 5) is 24.4. The molecule has 4 nitrogen and oxygen atoms in total. The van der Waals surface area contributed by atoms with E-state index in [9.17, 15) is 14.7 Å². The fraction of sp³-hybridized carbons (Fsp3) is 0.878. The molecule has 312 valence electrons. The number of aliphatic hydroxyl groups is 1. The molecule has 1 atom stereocenters. The van der Waals surface area contributed by atoms with E-state index in [1.165, 1.54) is 180 Å². The van der Waals surface area contributed by atoms with Crippen LogP contribution in [0.2, 0.25) is 0 Å². The Morgan fingerprint density at radius 3 is 1.23 bits per heavy atom. The van der Waals surface area contributed by atoms with Gasteiger partial charge in [0.2, 0.25) is 5.91 Å². The van der Waals surface area contributed by atoms with Crippen molar-refractivity contribution in [3.05, 3.63) is 24.3 Å². The van der Waals surface area contributed by atoms with Crippen molar-refractivity contribution in [2.24, 2.45) is 0 Å². The molecule has 0 heterocycles. The molecular weight excluding hydrogens is 651 g/mol. The van der Waals surface area contributed by atoms with Crippen LogP contribution in [0, 0.1) is 0 Å². The van der Waals surface area contributed by atoms with Crippen LogP contribution < -0.4 is 5.32 Å². The van der Waals surface area contributed by atoms with Crippen molar-refractivity contribution in [2.75, 3.05) is 6.54 Å². The van der Waals surface area contributed by atoms with Crippen LogP contribution in [-0.4, -0.2) is 29.4 Å². The second kappa shape index (κ2) is 45.0. The smallest absolute Gasteiger partial charge is 0.220 e. The number of unbranched alkanes of at least 4 members (excludes halogenated alkanes) is 30. The van der Waals surface area contributed by atoms with Crippen LogP contribution in [0.3, 0.4) is 0 Å². The molecule has 0 aliphatic carbocycles. The van der Waals surface area contributed by atoms with Crippen LogP contribution in [-0.2, 0) is 9.59 Å². The minimum absolute atomic E-state index is 0.0838. The molecule has 0 saturated carbocycles. The molecule has 0 aliphatic rings. The fourth-order valence-corrected chi connectivity index (χ4v) is 7.28. The third-order valence-corrected chi connectivity index (χ3v) is 10.9. The van der Waals surface area contributed by atoms with Gasteiger partial charge in [-0.05, 0) is 57.8 Å². The van der Waals surface area contributed by atoms with E-state index < -0.39 is 6.10 Å². The summed E-state index contributed by atoms with van der Waals surface area (Å²) in [5, 5.41) is 13.2. The van der Waals surface area contributed by atoms with E-state index in [1.54, 1.807) is 0 Å². The van der Waals surface area contributed by atoms with Crippen molar-refractivity contribution in [1.29, 1.82) is 0 Å². The number of amides is 1. The first-order valence-electron chi connectivity index (χ1n) is 23.9. The van der Waals surface area contributed by atoms with E-state index in [4.69, 9.17) is 0 Å². The normalized spacial score (nSPS) is 12.4. The van der Waals surface area contributed by atoms with E-state index in [-0.39, 0.29) is 5.91 Å². The van der Waals surface area contributed by atoms with E-state index >= 15 is 0 Å². The number of carbonyl (C=O) groups excluding carboxylic acids is 2. The Labute approximate surface area is 332 Å². The molecule has 1 amide bonds. The summed E-state index contributed by atoms with van der Waals surface area (Å²) in [5.41, 5.74) is 0. The Morgan fingerprint density at radius 1 is 0.434 bits per heavy atom. The molecule has 0 aliphatic heterocycles. The van der Waals surface area contributed by atoms with Crippen LogP contribution in [0.4, 0.5) is 0 Å². The van der Waals surface area contributed by atoms with Crippen LogP contribution in [0.25, 0.3) is 0 Å². The predicted octanol–water partition coefficient (Wildman–Crippen LogP) is 15.4. The Morgan fingerprint density at radius 2 is 0.774 bits per heavy atom. The summed E-state index contributed by atoms with van der Waals surface area (Å²) in [5.74, 6) is 0.544. The van der Waals surface area contributed by atoms with E-state index in [1.807, 2.05) is 0 Å². The molecule has 0 aromatic rings. The molecular formula is C49H93NO3. The Bertz CT molecular complexity index is 806. The fourth-order valence-electron chi connectivity index (χ4n) is 7.28. The van der Waals surface area contributed by atoms with Gasteiger partial charge in [-0.25, -0.2) is 0 Å². The number of rotatable bonds is 44. The topological polar surface area (TPSA) is 66.4 Å². The number of aliphatic hydroxyl groups excluding tert-OH is 1. The zero-order chi connectivity index (χ0) is 38.6. The first-order chi connectivity index (χ1) is 26.1. The van der Waals surface area contributed by atoms with Crippen molar-refractivity contribution in [3.8, 4) is 0 Å². The number of allylic oxidation sites excluding steroid dienone is 4. The lowest BCUT2D eigenvalue weighted by Crippen LogP contribution is -2.31. The predicted molar refractivity (Wildman–Crippen MR) is 234 cm³/mol. The van der Waals surface area contributed by atoms with E-state index in [0.29, 0.717) is 18.7 Å². The van der Waals surface area contributed by atoms with Crippen molar-refractivity contribution in [2.45, 2.75) is 270 Å². The van der Waals surface area contributed by atoms with Crippen LogP contribution in [0.1, 0.15) is 264 Å². The van der Waals surface area contributed by atoms with Gasteiger partial charge < -0.3 is 10.4 Å². The lowest BCUT2D eigenvalue weighted by molar-refractivity contribution is -0.121. The summed E-state index contributed by atoms with van der Waals surface area (Å²) in [6.45, 7) is 4.94. The third-order valence-electron chi connectivity index (χ3n) is 10.9. The lowest BCUT2D eigenvalue weighted by Gasteiger charge is -2.12. The highest BCUT2D eigenvalue weighted by Gasteiger charge is 2.07. The van der Waals surface area contributed by atoms with Crippen molar-refractivity contribution in [3.63, 3.8) is 0 Å². The average Bonchev–Trinajstić information content (AvgIpc) is 3.16. The summed E-state index contributed by atoms with van der Waals surface area (Å²) < 4.78 is 0. The third kappa shape index (κ3) is 44.9. The zero-order valence-electron chi connectivity index (χ0n) is 35.9. The maximum Gasteiger partial charge on any atom is 0.220 e. The number of ketones is 1. The van der Waals surface area contributed by atoms with Crippen LogP contribution >= 0.6 is 0 Å². The maximum absolute atomic E-state index is 12.2. The molecule has 0 saturated heterocycles. The minimum Gasteiger partial charge on any atom is -0.391 e. The molecule has 0 fully saturated rings. The Balaban J connectivity index is 3.35. The van der Waals surface area contributed by atoms with Gasteiger partial charge in [-0.3, -0.25) is 9.59 Å². The lowest BCUT2D eigenvalue weighted by atomic mass is 10.0. The zero-order valence-corrected chi connectivity index (χ0v) is 35.9. The number of Topliss-reactive ketones (excluding diaryl/α,β-unsaturated/α-hetero) is 1. The summed E-state index contributed by atoms with van der Waals surface area (Å²) in [7, 11) is 0. The summed E-state index contributed by atoms with van der Waals surface area (Å²) in [6.07, 6.45) is 56.1. The van der Waals surface area contributed by atoms with Gasteiger partial charge in [-0.15, -0.1) is 0 Å². The molecule has 0 aromatic heterocycles. The van der Waals surface area contributed by atoms with Gasteiger partial charge in [0, 0.05) is 25.8 Å². The second-order valence-corrected chi connectivity index (χ2v) is 16.4.